The molecule has 0 bridgehead atoms. The summed E-state index contributed by atoms with van der Waals surface area (Å²) < 4.78 is 75.8. The average molecular weight is 346 g/mol. The lowest BCUT2D eigenvalue weighted by atomic mass is 10.1. The van der Waals surface area contributed by atoms with Crippen molar-refractivity contribution >= 4 is 26.3 Å². The molecular weight excluding hydrogens is 332 g/mol. The topological polar surface area (TPSA) is 104 Å². The van der Waals surface area contributed by atoms with Crippen molar-refractivity contribution in [2.24, 2.45) is 10.3 Å². The zero-order chi connectivity index (χ0) is 17.3. The number of alkyl halides is 4. The van der Waals surface area contributed by atoms with Crippen LogP contribution in [0.15, 0.2) is 10.3 Å². The van der Waals surface area contributed by atoms with Crippen LogP contribution in [0.1, 0.15) is 13.8 Å². The maximum Gasteiger partial charge on any atom is 0.436 e. The van der Waals surface area contributed by atoms with Crippen LogP contribution in [-0.4, -0.2) is 55.6 Å². The molecule has 2 N–H and O–H groups in total. The summed E-state index contributed by atoms with van der Waals surface area (Å²) in [5, 5.41) is 12.2. The largest absolute Gasteiger partial charge is 0.436 e. The van der Waals surface area contributed by atoms with E-state index in [1.807, 2.05) is 5.43 Å². The first-order valence-electron chi connectivity index (χ1n) is 5.85. The Labute approximate surface area is 123 Å². The van der Waals surface area contributed by atoms with E-state index < -0.39 is 50.0 Å². The molecule has 1 atom stereocenters. The van der Waals surface area contributed by atoms with Crippen molar-refractivity contribution in [2.75, 3.05) is 12.8 Å². The van der Waals surface area contributed by atoms with Gasteiger partial charge in [0.1, 0.15) is 5.75 Å². The highest BCUT2D eigenvalue weighted by Crippen LogP contribution is 2.29. The first-order valence-corrected chi connectivity index (χ1v) is 7.50. The van der Waals surface area contributed by atoms with Crippen LogP contribution in [0, 0.1) is 5.41 Å². The number of nitrogens with one attached hydrogen (secondary N) is 2. The summed E-state index contributed by atoms with van der Waals surface area (Å²) in [5.41, 5.74) is -2.76. The number of nitrogens with zero attached hydrogens (tertiary/aromatic N) is 2. The van der Waals surface area contributed by atoms with E-state index in [4.69, 9.17) is 5.41 Å². The van der Waals surface area contributed by atoms with Crippen molar-refractivity contribution in [3.05, 3.63) is 0 Å². The van der Waals surface area contributed by atoms with Crippen LogP contribution in [0.5, 0.6) is 0 Å². The zero-order valence-corrected chi connectivity index (χ0v) is 12.6. The summed E-state index contributed by atoms with van der Waals surface area (Å²) in [7, 11) is -3.53. The molecule has 0 radical (unpaired) electrons. The second-order valence-corrected chi connectivity index (χ2v) is 6.84. The van der Waals surface area contributed by atoms with Gasteiger partial charge >= 0.3 is 6.18 Å². The molecular formula is C10H14F4N4O3S. The summed E-state index contributed by atoms with van der Waals surface area (Å²) >= 11 is 0. The zero-order valence-electron chi connectivity index (χ0n) is 11.8. The van der Waals surface area contributed by atoms with Crippen LogP contribution in [0.25, 0.3) is 0 Å². The second kappa shape index (κ2) is 5.82. The molecule has 12 heteroatoms. The average Bonchev–Trinajstić information content (AvgIpc) is 2.59. The van der Waals surface area contributed by atoms with Gasteiger partial charge in [-0.3, -0.25) is 0 Å². The van der Waals surface area contributed by atoms with E-state index in [0.29, 0.717) is 0 Å². The fraction of sp³-hybridized carbons (Fsp3) is 0.700. The molecule has 7 nitrogen and oxygen atoms in total. The van der Waals surface area contributed by atoms with E-state index in [9.17, 15) is 26.0 Å². The number of sulfone groups is 1. The van der Waals surface area contributed by atoms with Gasteiger partial charge in [0.2, 0.25) is 14.9 Å². The van der Waals surface area contributed by atoms with Crippen molar-refractivity contribution in [3.63, 3.8) is 0 Å². The third kappa shape index (κ3) is 3.72. The molecule has 0 aromatic rings. The molecule has 0 saturated carbocycles. The Hall–Kier alpha value is -1.72. The van der Waals surface area contributed by atoms with Crippen LogP contribution >= 0.6 is 0 Å². The molecule has 1 heterocycles. The lowest BCUT2D eigenvalue weighted by Crippen LogP contribution is -2.41. The molecule has 0 amide bonds. The smallest absolute Gasteiger partial charge is 0.385 e. The Morgan fingerprint density at radius 2 is 2.05 bits per heavy atom. The summed E-state index contributed by atoms with van der Waals surface area (Å²) in [4.78, 5) is 4.61. The first-order chi connectivity index (χ1) is 9.83. The molecule has 1 rings (SSSR count). The minimum atomic E-state index is -5.03. The van der Waals surface area contributed by atoms with Crippen LogP contribution in [0.2, 0.25) is 0 Å². The number of halogens is 4. The number of hydrogen-bond acceptors (Lipinski definition) is 7. The highest BCUT2D eigenvalue weighted by molar-refractivity contribution is 8.07. The predicted octanol–water partition coefficient (Wildman–Crippen LogP) is 1.02. The number of hydrogen-bond donors (Lipinski definition) is 2. The predicted molar refractivity (Wildman–Crippen MR) is 71.6 cm³/mol. The number of rotatable bonds is 4. The molecule has 1 unspecified atom stereocenters. The SMILES string of the molecule is CN/N=C(\C(=N)CS(=O)(=O)C1=NOC(C)(C)C1F)C(F)(F)F. The van der Waals surface area contributed by atoms with Gasteiger partial charge in [-0.05, 0) is 13.8 Å². The minimum Gasteiger partial charge on any atom is -0.385 e. The molecule has 0 aromatic carbocycles. The van der Waals surface area contributed by atoms with Crippen LogP contribution in [-0.2, 0) is 14.7 Å². The lowest BCUT2D eigenvalue weighted by Gasteiger charge is -2.18. The molecule has 0 fully saturated rings. The molecule has 0 aliphatic carbocycles. The summed E-state index contributed by atoms with van der Waals surface area (Å²) in [6.07, 6.45) is -7.17. The molecule has 1 aliphatic rings. The Balaban J connectivity index is 3.04. The molecule has 126 valence electrons. The normalized spacial score (nSPS) is 22.0. The van der Waals surface area contributed by atoms with Crippen molar-refractivity contribution < 1.29 is 30.8 Å². The van der Waals surface area contributed by atoms with Crippen molar-refractivity contribution in [3.8, 4) is 0 Å². The third-order valence-corrected chi connectivity index (χ3v) is 4.22. The van der Waals surface area contributed by atoms with Gasteiger partial charge in [0, 0.05) is 7.05 Å². The van der Waals surface area contributed by atoms with Gasteiger partial charge in [-0.2, -0.15) is 18.3 Å². The van der Waals surface area contributed by atoms with Crippen molar-refractivity contribution in [1.82, 2.24) is 5.43 Å². The van der Waals surface area contributed by atoms with E-state index in [2.05, 4.69) is 15.1 Å². The van der Waals surface area contributed by atoms with Crippen LogP contribution < -0.4 is 5.43 Å². The van der Waals surface area contributed by atoms with Crippen molar-refractivity contribution in [1.29, 1.82) is 5.41 Å². The van der Waals surface area contributed by atoms with Gasteiger partial charge in [-0.1, -0.05) is 5.16 Å². The van der Waals surface area contributed by atoms with E-state index in [-0.39, 0.29) is 0 Å². The standard InChI is InChI=1S/C10H14F4N4O3S/c1-9(2)6(11)8(18-21-9)22(19,20)4-5(15)7(17-16-3)10(12,13)14/h6,15-16H,4H2,1-3H3/b15-5?,17-7+. The summed E-state index contributed by atoms with van der Waals surface area (Å²) in [5.74, 6) is -1.40. The highest BCUT2D eigenvalue weighted by Gasteiger charge is 2.49. The van der Waals surface area contributed by atoms with E-state index in [1.165, 1.54) is 13.8 Å². The van der Waals surface area contributed by atoms with Crippen molar-refractivity contribution in [2.45, 2.75) is 31.8 Å². The molecule has 22 heavy (non-hydrogen) atoms. The third-order valence-electron chi connectivity index (χ3n) is 2.63. The minimum absolute atomic E-state index is 1.03. The Morgan fingerprint density at radius 3 is 2.41 bits per heavy atom. The van der Waals surface area contributed by atoms with Crippen LogP contribution in [0.4, 0.5) is 17.6 Å². The van der Waals surface area contributed by atoms with Gasteiger partial charge in [-0.15, -0.1) is 0 Å². The first kappa shape index (κ1) is 18.3. The van der Waals surface area contributed by atoms with Gasteiger partial charge in [0.05, 0.1) is 5.71 Å². The van der Waals surface area contributed by atoms with Gasteiger partial charge in [0.25, 0.3) is 0 Å². The molecule has 0 saturated heterocycles. The van der Waals surface area contributed by atoms with Gasteiger partial charge < -0.3 is 15.7 Å². The Bertz CT molecular complexity index is 625. The summed E-state index contributed by atoms with van der Waals surface area (Å²) in [6, 6.07) is 0. The Kier molecular flexibility index (Phi) is 4.85. The fourth-order valence-corrected chi connectivity index (χ4v) is 2.93. The maximum atomic E-state index is 13.9. The van der Waals surface area contributed by atoms with Crippen LogP contribution in [0.3, 0.4) is 0 Å². The Morgan fingerprint density at radius 1 is 1.50 bits per heavy atom. The van der Waals surface area contributed by atoms with E-state index in [0.717, 1.165) is 7.05 Å². The number of hydrazone groups is 1. The second-order valence-electron chi connectivity index (χ2n) is 4.91. The highest BCUT2D eigenvalue weighted by atomic mass is 32.2. The molecule has 1 aliphatic heterocycles. The lowest BCUT2D eigenvalue weighted by molar-refractivity contribution is -0.0570. The number of oxime groups is 1. The maximum absolute atomic E-state index is 13.9. The monoisotopic (exact) mass is 346 g/mol. The fourth-order valence-electron chi connectivity index (χ4n) is 1.51. The van der Waals surface area contributed by atoms with Gasteiger partial charge in [0.15, 0.2) is 17.5 Å². The summed E-state index contributed by atoms with van der Waals surface area (Å²) in [6.45, 7) is 2.47. The molecule has 0 aromatic heterocycles. The van der Waals surface area contributed by atoms with Gasteiger partial charge in [-0.25, -0.2) is 12.8 Å². The quantitative estimate of drug-likeness (QED) is 0.450. The molecule has 0 spiro atoms. The van der Waals surface area contributed by atoms with E-state index in [1.54, 1.807) is 0 Å². The van der Waals surface area contributed by atoms with E-state index >= 15 is 0 Å².